The Morgan fingerprint density at radius 3 is 2.54 bits per heavy atom. The number of nitrogens with zero attached hydrogens (tertiary/aromatic N) is 1. The van der Waals surface area contributed by atoms with Crippen molar-refractivity contribution in [1.29, 1.82) is 0 Å². The van der Waals surface area contributed by atoms with E-state index in [1.807, 2.05) is 24.3 Å². The number of halogens is 1. The molecule has 0 unspecified atom stereocenters. The lowest BCUT2D eigenvalue weighted by atomic mass is 9.96. The number of hydrogen-bond donors (Lipinski definition) is 2. The standard InChI is InChI=1S/C20H23ClN2O3/c21-16-5-7-17(8-6-16)26-14-13-23-11-9-15(10-12-23)20(25)22-18-3-1-2-4-19(18)24/h1-8,15,24H,9-14H2,(H,22,25). The summed E-state index contributed by atoms with van der Waals surface area (Å²) in [6.07, 6.45) is 1.61. The number of likely N-dealkylation sites (tertiary alicyclic amines) is 1. The number of para-hydroxylation sites is 2. The molecule has 2 aromatic rings. The third kappa shape index (κ3) is 5.13. The number of anilines is 1. The second-order valence-corrected chi connectivity index (χ2v) is 6.86. The molecule has 1 heterocycles. The van der Waals surface area contributed by atoms with Gasteiger partial charge in [-0.25, -0.2) is 0 Å². The summed E-state index contributed by atoms with van der Waals surface area (Å²) in [5.74, 6) is 0.857. The van der Waals surface area contributed by atoms with Crippen LogP contribution in [0.4, 0.5) is 5.69 Å². The summed E-state index contributed by atoms with van der Waals surface area (Å²) in [5, 5.41) is 13.3. The summed E-state index contributed by atoms with van der Waals surface area (Å²) in [5.41, 5.74) is 0.469. The number of aromatic hydroxyl groups is 1. The number of benzene rings is 2. The largest absolute Gasteiger partial charge is 0.506 e. The maximum Gasteiger partial charge on any atom is 0.227 e. The minimum absolute atomic E-state index is 0.0245. The van der Waals surface area contributed by atoms with Gasteiger partial charge in [0.25, 0.3) is 0 Å². The van der Waals surface area contributed by atoms with E-state index in [9.17, 15) is 9.90 Å². The molecule has 0 atom stereocenters. The van der Waals surface area contributed by atoms with Crippen LogP contribution in [0.5, 0.6) is 11.5 Å². The zero-order chi connectivity index (χ0) is 18.4. The lowest BCUT2D eigenvalue weighted by Crippen LogP contribution is -2.39. The molecule has 1 aliphatic heterocycles. The van der Waals surface area contributed by atoms with Crippen LogP contribution in [-0.2, 0) is 4.79 Å². The average Bonchev–Trinajstić information content (AvgIpc) is 2.66. The molecule has 0 aromatic heterocycles. The van der Waals surface area contributed by atoms with Gasteiger partial charge in [-0.3, -0.25) is 9.69 Å². The monoisotopic (exact) mass is 374 g/mol. The van der Waals surface area contributed by atoms with Crippen molar-refractivity contribution in [1.82, 2.24) is 4.90 Å². The molecule has 26 heavy (non-hydrogen) atoms. The first-order valence-electron chi connectivity index (χ1n) is 8.81. The Kier molecular flexibility index (Phi) is 6.36. The molecule has 138 valence electrons. The molecule has 5 nitrogen and oxygen atoms in total. The number of piperidine rings is 1. The first-order valence-corrected chi connectivity index (χ1v) is 9.19. The second kappa shape index (κ2) is 8.92. The van der Waals surface area contributed by atoms with E-state index in [1.165, 1.54) is 0 Å². The molecule has 0 aliphatic carbocycles. The van der Waals surface area contributed by atoms with E-state index < -0.39 is 0 Å². The Bertz CT molecular complexity index is 728. The summed E-state index contributed by atoms with van der Waals surface area (Å²) in [6, 6.07) is 14.1. The molecule has 3 rings (SSSR count). The van der Waals surface area contributed by atoms with Gasteiger partial charge in [0.1, 0.15) is 18.1 Å². The molecule has 0 bridgehead atoms. The number of amides is 1. The third-order valence-electron chi connectivity index (χ3n) is 4.61. The number of rotatable bonds is 6. The smallest absolute Gasteiger partial charge is 0.227 e. The molecule has 0 saturated carbocycles. The summed E-state index contributed by atoms with van der Waals surface area (Å²) >= 11 is 5.86. The van der Waals surface area contributed by atoms with Crippen molar-refractivity contribution in [3.63, 3.8) is 0 Å². The predicted octanol–water partition coefficient (Wildman–Crippen LogP) is 3.78. The van der Waals surface area contributed by atoms with Crippen LogP contribution in [0.25, 0.3) is 0 Å². The van der Waals surface area contributed by atoms with Crippen molar-refractivity contribution in [3.8, 4) is 11.5 Å². The highest BCUT2D eigenvalue weighted by Gasteiger charge is 2.25. The molecule has 1 amide bonds. The molecule has 1 aliphatic rings. The van der Waals surface area contributed by atoms with E-state index in [1.54, 1.807) is 24.3 Å². The Morgan fingerprint density at radius 1 is 1.15 bits per heavy atom. The number of hydrogen-bond acceptors (Lipinski definition) is 4. The fourth-order valence-corrected chi connectivity index (χ4v) is 3.18. The zero-order valence-electron chi connectivity index (χ0n) is 14.5. The first-order chi connectivity index (χ1) is 12.6. The van der Waals surface area contributed by atoms with Crippen LogP contribution < -0.4 is 10.1 Å². The van der Waals surface area contributed by atoms with Gasteiger partial charge in [0.05, 0.1) is 5.69 Å². The normalized spacial score (nSPS) is 15.6. The zero-order valence-corrected chi connectivity index (χ0v) is 15.3. The lowest BCUT2D eigenvalue weighted by molar-refractivity contribution is -0.121. The Hall–Kier alpha value is -2.24. The van der Waals surface area contributed by atoms with Gasteiger partial charge < -0.3 is 15.2 Å². The molecule has 0 spiro atoms. The highest BCUT2D eigenvalue weighted by molar-refractivity contribution is 6.30. The minimum atomic E-state index is -0.0250. The van der Waals surface area contributed by atoms with E-state index >= 15 is 0 Å². The Labute approximate surface area is 158 Å². The Morgan fingerprint density at radius 2 is 1.85 bits per heavy atom. The lowest BCUT2D eigenvalue weighted by Gasteiger charge is -2.31. The number of ether oxygens (including phenoxy) is 1. The van der Waals surface area contributed by atoms with Crippen molar-refractivity contribution in [2.45, 2.75) is 12.8 Å². The van der Waals surface area contributed by atoms with Crippen molar-refractivity contribution in [3.05, 3.63) is 53.6 Å². The van der Waals surface area contributed by atoms with E-state index in [0.29, 0.717) is 17.3 Å². The highest BCUT2D eigenvalue weighted by Crippen LogP contribution is 2.24. The van der Waals surface area contributed by atoms with Crippen molar-refractivity contribution >= 4 is 23.2 Å². The minimum Gasteiger partial charge on any atom is -0.506 e. The number of carbonyl (C=O) groups excluding carboxylic acids is 1. The van der Waals surface area contributed by atoms with Gasteiger partial charge in [-0.2, -0.15) is 0 Å². The maximum absolute atomic E-state index is 12.4. The molecule has 1 saturated heterocycles. The van der Waals surface area contributed by atoms with Gasteiger partial charge in [-0.1, -0.05) is 23.7 Å². The molecule has 2 aromatic carbocycles. The van der Waals surface area contributed by atoms with Crippen LogP contribution in [-0.4, -0.2) is 42.2 Å². The Balaban J connectivity index is 1.39. The van der Waals surface area contributed by atoms with Crippen molar-refractivity contribution in [2.75, 3.05) is 31.6 Å². The predicted molar refractivity (Wildman–Crippen MR) is 103 cm³/mol. The van der Waals surface area contributed by atoms with Crippen molar-refractivity contribution in [2.24, 2.45) is 5.92 Å². The summed E-state index contributed by atoms with van der Waals surface area (Å²) in [4.78, 5) is 14.7. The highest BCUT2D eigenvalue weighted by atomic mass is 35.5. The molecule has 6 heteroatoms. The van der Waals surface area contributed by atoms with Gasteiger partial charge in [0, 0.05) is 17.5 Å². The van der Waals surface area contributed by atoms with Crippen LogP contribution in [0.15, 0.2) is 48.5 Å². The number of carbonyl (C=O) groups is 1. The van der Waals surface area contributed by atoms with Gasteiger partial charge in [-0.15, -0.1) is 0 Å². The second-order valence-electron chi connectivity index (χ2n) is 6.42. The molecular weight excluding hydrogens is 352 g/mol. The van der Waals surface area contributed by atoms with E-state index in [-0.39, 0.29) is 17.6 Å². The van der Waals surface area contributed by atoms with Crippen LogP contribution in [0.3, 0.4) is 0 Å². The summed E-state index contributed by atoms with van der Waals surface area (Å²) < 4.78 is 5.72. The van der Waals surface area contributed by atoms with E-state index in [0.717, 1.165) is 38.2 Å². The first kappa shape index (κ1) is 18.5. The number of nitrogens with one attached hydrogen (secondary N) is 1. The van der Waals surface area contributed by atoms with Gasteiger partial charge >= 0.3 is 0 Å². The molecule has 2 N–H and O–H groups in total. The van der Waals surface area contributed by atoms with Crippen LogP contribution in [0, 0.1) is 5.92 Å². The topological polar surface area (TPSA) is 61.8 Å². The van der Waals surface area contributed by atoms with Gasteiger partial charge in [0.15, 0.2) is 0 Å². The molecular formula is C20H23ClN2O3. The summed E-state index contributed by atoms with van der Waals surface area (Å²) in [7, 11) is 0. The van der Waals surface area contributed by atoms with Crippen LogP contribution >= 0.6 is 11.6 Å². The van der Waals surface area contributed by atoms with E-state index in [2.05, 4.69) is 10.2 Å². The number of phenols is 1. The number of phenolic OH excluding ortho intramolecular Hbond substituents is 1. The van der Waals surface area contributed by atoms with Gasteiger partial charge in [-0.05, 0) is 62.3 Å². The van der Waals surface area contributed by atoms with Crippen LogP contribution in [0.2, 0.25) is 5.02 Å². The van der Waals surface area contributed by atoms with Gasteiger partial charge in [0.2, 0.25) is 5.91 Å². The SMILES string of the molecule is O=C(Nc1ccccc1O)C1CCN(CCOc2ccc(Cl)cc2)CC1. The molecule has 1 fully saturated rings. The average molecular weight is 375 g/mol. The van der Waals surface area contributed by atoms with E-state index in [4.69, 9.17) is 16.3 Å². The van der Waals surface area contributed by atoms with Crippen molar-refractivity contribution < 1.29 is 14.6 Å². The quantitative estimate of drug-likeness (QED) is 0.755. The molecule has 0 radical (unpaired) electrons. The maximum atomic E-state index is 12.4. The fraction of sp³-hybridized carbons (Fsp3) is 0.350. The van der Waals surface area contributed by atoms with Crippen LogP contribution in [0.1, 0.15) is 12.8 Å². The fourth-order valence-electron chi connectivity index (χ4n) is 3.06. The third-order valence-corrected chi connectivity index (χ3v) is 4.86. The summed E-state index contributed by atoms with van der Waals surface area (Å²) in [6.45, 7) is 3.17.